The van der Waals surface area contributed by atoms with Gasteiger partial charge >= 0.3 is 0 Å². The third kappa shape index (κ3) is 3.44. The lowest BCUT2D eigenvalue weighted by Crippen LogP contribution is -2.44. The quantitative estimate of drug-likeness (QED) is 0.722. The van der Waals surface area contributed by atoms with Gasteiger partial charge in [0.2, 0.25) is 11.9 Å². The molecule has 10 heteroatoms. The van der Waals surface area contributed by atoms with Crippen molar-refractivity contribution in [3.05, 3.63) is 23.8 Å². The molecule has 0 radical (unpaired) electrons. The zero-order valence-electron chi connectivity index (χ0n) is 15.0. The lowest BCUT2D eigenvalue weighted by atomic mass is 9.87. The molecule has 1 amide bonds. The Hall–Kier alpha value is -3.48. The van der Waals surface area contributed by atoms with E-state index in [0.717, 1.165) is 24.4 Å². The summed E-state index contributed by atoms with van der Waals surface area (Å²) in [5, 5.41) is 18.2. The lowest BCUT2D eigenvalue weighted by molar-refractivity contribution is -0.115. The van der Waals surface area contributed by atoms with Crippen molar-refractivity contribution in [3.63, 3.8) is 0 Å². The van der Waals surface area contributed by atoms with E-state index in [9.17, 15) is 4.79 Å². The molecule has 10 nitrogen and oxygen atoms in total. The van der Waals surface area contributed by atoms with Gasteiger partial charge in [-0.1, -0.05) is 0 Å². The predicted octanol–water partition coefficient (Wildman–Crippen LogP) is 0.890. The van der Waals surface area contributed by atoms with Gasteiger partial charge < -0.3 is 20.9 Å². The number of aryl methyl sites for hydroxylation is 1. The summed E-state index contributed by atoms with van der Waals surface area (Å²) in [6, 6.07) is 2.49. The van der Waals surface area contributed by atoms with E-state index >= 15 is 0 Å². The van der Waals surface area contributed by atoms with Crippen LogP contribution >= 0.6 is 0 Å². The van der Waals surface area contributed by atoms with Gasteiger partial charge in [-0.15, -0.1) is 0 Å². The molecule has 0 bridgehead atoms. The number of nitrogens with one attached hydrogen (secondary N) is 3. The van der Waals surface area contributed by atoms with Gasteiger partial charge in [-0.2, -0.15) is 10.2 Å². The molecule has 1 aliphatic heterocycles. The molecule has 2 aromatic rings. The molecule has 1 saturated carbocycles. The average molecular weight is 365 g/mol. The molecule has 1 aliphatic carbocycles. The van der Waals surface area contributed by atoms with E-state index in [1.165, 1.54) is 6.20 Å². The van der Waals surface area contributed by atoms with Crippen LogP contribution in [0.5, 0.6) is 0 Å². The van der Waals surface area contributed by atoms with Gasteiger partial charge in [-0.25, -0.2) is 15.0 Å². The van der Waals surface area contributed by atoms with Crippen molar-refractivity contribution in [2.24, 2.45) is 0 Å². The van der Waals surface area contributed by atoms with Gasteiger partial charge in [0.1, 0.15) is 17.6 Å². The smallest absolute Gasteiger partial charge is 0.244 e. The number of hydrogen-bond donors (Lipinski definition) is 3. The van der Waals surface area contributed by atoms with Gasteiger partial charge in [0.25, 0.3) is 0 Å². The van der Waals surface area contributed by atoms with Crippen LogP contribution < -0.4 is 20.9 Å². The van der Waals surface area contributed by atoms with Crippen molar-refractivity contribution in [1.82, 2.24) is 19.9 Å². The second kappa shape index (κ2) is 6.68. The third-order valence-electron chi connectivity index (χ3n) is 4.67. The van der Waals surface area contributed by atoms with Crippen molar-refractivity contribution in [2.45, 2.75) is 31.8 Å². The maximum absolute atomic E-state index is 11.7. The van der Waals surface area contributed by atoms with Crippen molar-refractivity contribution in [1.29, 1.82) is 5.26 Å². The second-order valence-electron chi connectivity index (χ2n) is 6.79. The molecule has 4 rings (SSSR count). The number of nitrogens with zero attached hydrogens (tertiary/aromatic N) is 6. The summed E-state index contributed by atoms with van der Waals surface area (Å²) >= 11 is 0. The highest BCUT2D eigenvalue weighted by Crippen LogP contribution is 2.31. The minimum atomic E-state index is -0.0591. The van der Waals surface area contributed by atoms with Crippen molar-refractivity contribution >= 4 is 29.2 Å². The Labute approximate surface area is 156 Å². The fourth-order valence-corrected chi connectivity index (χ4v) is 3.22. The first-order valence-electron chi connectivity index (χ1n) is 8.66. The minimum absolute atomic E-state index is 0.0591. The van der Waals surface area contributed by atoms with Crippen molar-refractivity contribution in [3.8, 4) is 6.07 Å². The highest BCUT2D eigenvalue weighted by Gasteiger charge is 2.31. The van der Waals surface area contributed by atoms with Crippen LogP contribution in [0.1, 0.15) is 24.2 Å². The molecular weight excluding hydrogens is 346 g/mol. The van der Waals surface area contributed by atoms with E-state index in [1.54, 1.807) is 6.20 Å². The van der Waals surface area contributed by atoms with E-state index < -0.39 is 0 Å². The summed E-state index contributed by atoms with van der Waals surface area (Å²) in [6.07, 6.45) is 4.82. The van der Waals surface area contributed by atoms with Gasteiger partial charge in [-0.05, 0) is 19.8 Å². The summed E-state index contributed by atoms with van der Waals surface area (Å²) in [5.41, 5.74) is 1.71. The topological polar surface area (TPSA) is 132 Å². The molecule has 1 fully saturated rings. The molecule has 0 atom stereocenters. The summed E-state index contributed by atoms with van der Waals surface area (Å²) in [4.78, 5) is 30.7. The number of carbonyl (C=O) groups excluding carboxylic acids is 1. The molecular formula is C17H19N9O. The highest BCUT2D eigenvalue weighted by molar-refractivity contribution is 6.00. The number of fused-ring (bicyclic) bond motifs is 1. The first-order valence-corrected chi connectivity index (χ1v) is 8.66. The highest BCUT2D eigenvalue weighted by atomic mass is 16.2. The number of likely N-dealkylation sites (N-methyl/N-ethyl adjacent to an activating group) is 1. The molecule has 0 aromatic carbocycles. The van der Waals surface area contributed by atoms with E-state index in [-0.39, 0.29) is 24.5 Å². The maximum atomic E-state index is 11.7. The fraction of sp³-hybridized carbons (Fsp3) is 0.412. The van der Waals surface area contributed by atoms with Gasteiger partial charge in [0.05, 0.1) is 24.6 Å². The summed E-state index contributed by atoms with van der Waals surface area (Å²) < 4.78 is 0. The molecule has 0 spiro atoms. The Morgan fingerprint density at radius 2 is 2.00 bits per heavy atom. The molecule has 0 saturated heterocycles. The summed E-state index contributed by atoms with van der Waals surface area (Å²) in [7, 11) is 1.84. The van der Waals surface area contributed by atoms with Crippen molar-refractivity contribution in [2.75, 3.05) is 34.4 Å². The third-order valence-corrected chi connectivity index (χ3v) is 4.67. The van der Waals surface area contributed by atoms with E-state index in [1.807, 2.05) is 24.9 Å². The molecule has 0 unspecified atom stereocenters. The number of anilines is 4. The van der Waals surface area contributed by atoms with E-state index in [4.69, 9.17) is 5.26 Å². The first-order chi connectivity index (χ1) is 13.0. The molecule has 2 aromatic heterocycles. The Morgan fingerprint density at radius 1 is 1.22 bits per heavy atom. The summed E-state index contributed by atoms with van der Waals surface area (Å²) in [6.45, 7) is 2.14. The number of hydrogen-bond acceptors (Lipinski definition) is 9. The number of amides is 1. The molecule has 138 valence electrons. The van der Waals surface area contributed by atoms with Crippen LogP contribution in [0.3, 0.4) is 0 Å². The predicted molar refractivity (Wildman–Crippen MR) is 99.5 cm³/mol. The van der Waals surface area contributed by atoms with Gasteiger partial charge in [-0.3, -0.25) is 4.79 Å². The van der Waals surface area contributed by atoms with Crippen LogP contribution in [0, 0.1) is 18.3 Å². The molecule has 3 N–H and O–H groups in total. The summed E-state index contributed by atoms with van der Waals surface area (Å²) in [5.74, 6) is 1.90. The zero-order valence-corrected chi connectivity index (χ0v) is 15.0. The van der Waals surface area contributed by atoms with Gasteiger partial charge in [0, 0.05) is 19.1 Å². The largest absolute Gasteiger partial charge is 0.366 e. The Kier molecular flexibility index (Phi) is 4.19. The number of rotatable bonds is 4. The van der Waals surface area contributed by atoms with E-state index in [2.05, 4.69) is 35.9 Å². The fourth-order valence-electron chi connectivity index (χ4n) is 3.22. The maximum Gasteiger partial charge on any atom is 0.244 e. The van der Waals surface area contributed by atoms with Crippen LogP contribution in [0.4, 0.5) is 23.3 Å². The normalized spacial score (nSPS) is 20.8. The Morgan fingerprint density at radius 3 is 2.70 bits per heavy atom. The van der Waals surface area contributed by atoms with Crippen LogP contribution in [-0.4, -0.2) is 51.5 Å². The zero-order chi connectivity index (χ0) is 19.0. The second-order valence-corrected chi connectivity index (χ2v) is 6.79. The Balaban J connectivity index is 1.36. The SMILES string of the molecule is Cc1nc(NC2CC(Nc3cnc(C#N)cn3)C2)nc2c1NC(=O)CN2C. The molecule has 27 heavy (non-hydrogen) atoms. The first kappa shape index (κ1) is 17.0. The Bertz CT molecular complexity index is 915. The molecule has 2 aliphatic rings. The number of carbonyl (C=O) groups is 1. The van der Waals surface area contributed by atoms with Crippen molar-refractivity contribution < 1.29 is 4.79 Å². The number of nitriles is 1. The monoisotopic (exact) mass is 365 g/mol. The van der Waals surface area contributed by atoms with E-state index in [0.29, 0.717) is 23.1 Å². The number of aromatic nitrogens is 4. The van der Waals surface area contributed by atoms with Gasteiger partial charge in [0.15, 0.2) is 11.5 Å². The van der Waals surface area contributed by atoms with Crippen LogP contribution in [0.15, 0.2) is 12.4 Å². The van der Waals surface area contributed by atoms with Crippen LogP contribution in [0.2, 0.25) is 0 Å². The standard InChI is InChI=1S/C17H19N9O/c1-9-15-16(26(2)8-14(27)24-15)25-17(21-9)23-11-3-10(4-11)22-13-7-19-12(5-18)6-20-13/h6-7,10-11H,3-4,8H2,1-2H3,(H,20,22)(H,24,27)(H,21,23,25). The molecule has 3 heterocycles. The van der Waals surface area contributed by atoms with Crippen LogP contribution in [-0.2, 0) is 4.79 Å². The lowest BCUT2D eigenvalue weighted by Gasteiger charge is -2.37. The average Bonchev–Trinajstić information content (AvgIpc) is 2.61. The van der Waals surface area contributed by atoms with Crippen LogP contribution in [0.25, 0.3) is 0 Å². The minimum Gasteiger partial charge on any atom is -0.366 e.